The molecular weight excluding hydrogens is 230 g/mol. The van der Waals surface area contributed by atoms with Gasteiger partial charge in [-0.05, 0) is 18.9 Å². The van der Waals surface area contributed by atoms with Crippen molar-refractivity contribution in [2.75, 3.05) is 6.61 Å². The van der Waals surface area contributed by atoms with E-state index in [4.69, 9.17) is 9.57 Å². The van der Waals surface area contributed by atoms with Gasteiger partial charge in [-0.1, -0.05) is 42.4 Å². The highest BCUT2D eigenvalue weighted by atomic mass is 16.7. The maximum absolute atomic E-state index is 11.9. The van der Waals surface area contributed by atoms with E-state index < -0.39 is 6.10 Å². The lowest BCUT2D eigenvalue weighted by molar-refractivity contribution is -0.155. The smallest absolute Gasteiger partial charge is 0.351 e. The number of esters is 1. The highest BCUT2D eigenvalue weighted by molar-refractivity contribution is 5.97. The summed E-state index contributed by atoms with van der Waals surface area (Å²) in [4.78, 5) is 17.1. The van der Waals surface area contributed by atoms with E-state index in [0.29, 0.717) is 6.61 Å². The van der Waals surface area contributed by atoms with Gasteiger partial charge in [-0.25, -0.2) is 4.79 Å². The van der Waals surface area contributed by atoms with Gasteiger partial charge >= 0.3 is 5.97 Å². The molecule has 1 aromatic rings. The van der Waals surface area contributed by atoms with Crippen LogP contribution in [-0.2, 0) is 14.4 Å². The highest BCUT2D eigenvalue weighted by Gasteiger charge is 2.40. The molecule has 0 saturated heterocycles. The first-order valence-corrected chi connectivity index (χ1v) is 6.22. The molecule has 1 heterocycles. The largest absolute Gasteiger partial charge is 0.463 e. The molecule has 0 amide bonds. The quantitative estimate of drug-likeness (QED) is 0.768. The number of oxime groups is 1. The number of benzene rings is 1. The number of carbonyl (C=O) groups excluding carboxylic acids is 1. The average molecular weight is 247 g/mol. The van der Waals surface area contributed by atoms with Gasteiger partial charge in [0.1, 0.15) is 0 Å². The molecule has 0 saturated carbocycles. The predicted octanol–water partition coefficient (Wildman–Crippen LogP) is 2.50. The maximum Gasteiger partial charge on any atom is 0.351 e. The van der Waals surface area contributed by atoms with Gasteiger partial charge in [0.2, 0.25) is 6.10 Å². The Morgan fingerprint density at radius 1 is 1.33 bits per heavy atom. The monoisotopic (exact) mass is 247 g/mol. The van der Waals surface area contributed by atoms with Gasteiger partial charge in [0.05, 0.1) is 18.2 Å². The van der Waals surface area contributed by atoms with Crippen LogP contribution in [0.1, 0.15) is 31.7 Å². The maximum atomic E-state index is 11.9. The summed E-state index contributed by atoms with van der Waals surface area (Å²) < 4.78 is 5.03. The minimum Gasteiger partial charge on any atom is -0.463 e. The number of hydrogen-bond acceptors (Lipinski definition) is 4. The lowest BCUT2D eigenvalue weighted by Gasteiger charge is -2.17. The average Bonchev–Trinajstić information content (AvgIpc) is 2.83. The van der Waals surface area contributed by atoms with Crippen molar-refractivity contribution < 1.29 is 14.4 Å². The van der Waals surface area contributed by atoms with Crippen LogP contribution in [0.5, 0.6) is 0 Å². The van der Waals surface area contributed by atoms with Crippen molar-refractivity contribution in [2.45, 2.75) is 32.3 Å². The normalized spacial score (nSPS) is 22.2. The molecule has 4 nitrogen and oxygen atoms in total. The van der Waals surface area contributed by atoms with Gasteiger partial charge in [0.15, 0.2) is 0 Å². The molecule has 18 heavy (non-hydrogen) atoms. The standard InChI is InChI=1S/C14H17NO3/c1-3-11-12(10-8-6-5-7-9-10)13(18-15-11)14(16)17-4-2/h5-9,12-13H,3-4H2,1-2H3/t12-,13-/m0/s1. The van der Waals surface area contributed by atoms with Crippen molar-refractivity contribution in [3.05, 3.63) is 35.9 Å². The van der Waals surface area contributed by atoms with Crippen molar-refractivity contribution in [1.82, 2.24) is 0 Å². The minimum absolute atomic E-state index is 0.129. The second-order valence-electron chi connectivity index (χ2n) is 4.10. The van der Waals surface area contributed by atoms with E-state index >= 15 is 0 Å². The van der Waals surface area contributed by atoms with Gasteiger partial charge in [0.25, 0.3) is 0 Å². The predicted molar refractivity (Wildman–Crippen MR) is 68.4 cm³/mol. The van der Waals surface area contributed by atoms with Crippen LogP contribution in [-0.4, -0.2) is 24.4 Å². The van der Waals surface area contributed by atoms with Gasteiger partial charge in [-0.15, -0.1) is 0 Å². The van der Waals surface area contributed by atoms with Crippen LogP contribution in [0, 0.1) is 0 Å². The second kappa shape index (κ2) is 5.67. The molecule has 0 aliphatic carbocycles. The summed E-state index contributed by atoms with van der Waals surface area (Å²) in [7, 11) is 0. The van der Waals surface area contributed by atoms with Crippen LogP contribution >= 0.6 is 0 Å². The summed E-state index contributed by atoms with van der Waals surface area (Å²) in [6, 6.07) is 9.81. The van der Waals surface area contributed by atoms with E-state index in [1.807, 2.05) is 37.3 Å². The number of hydrogen-bond donors (Lipinski definition) is 0. The van der Waals surface area contributed by atoms with Crippen molar-refractivity contribution in [1.29, 1.82) is 0 Å². The lowest BCUT2D eigenvalue weighted by atomic mass is 9.88. The molecule has 2 rings (SSSR count). The fourth-order valence-electron chi connectivity index (χ4n) is 2.13. The summed E-state index contributed by atoms with van der Waals surface area (Å²) in [5, 5.41) is 4.01. The topological polar surface area (TPSA) is 47.9 Å². The van der Waals surface area contributed by atoms with E-state index in [-0.39, 0.29) is 11.9 Å². The molecule has 1 aliphatic rings. The molecule has 4 heteroatoms. The lowest BCUT2D eigenvalue weighted by Crippen LogP contribution is -2.31. The SMILES string of the molecule is CCOC(=O)[C@H]1ON=C(CC)[C@@H]1c1ccccc1. The Morgan fingerprint density at radius 2 is 2.06 bits per heavy atom. The Morgan fingerprint density at radius 3 is 2.67 bits per heavy atom. The molecular formula is C14H17NO3. The number of carbonyl (C=O) groups is 1. The fourth-order valence-corrected chi connectivity index (χ4v) is 2.13. The zero-order valence-electron chi connectivity index (χ0n) is 10.6. The van der Waals surface area contributed by atoms with Crippen molar-refractivity contribution in [2.24, 2.45) is 5.16 Å². The molecule has 0 aromatic heterocycles. The van der Waals surface area contributed by atoms with E-state index in [1.54, 1.807) is 6.92 Å². The third-order valence-corrected chi connectivity index (χ3v) is 2.99. The second-order valence-corrected chi connectivity index (χ2v) is 4.10. The van der Waals surface area contributed by atoms with E-state index in [1.165, 1.54) is 0 Å². The fraction of sp³-hybridized carbons (Fsp3) is 0.429. The van der Waals surface area contributed by atoms with E-state index in [2.05, 4.69) is 5.16 Å². The Bertz CT molecular complexity index is 442. The number of nitrogens with zero attached hydrogens (tertiary/aromatic N) is 1. The van der Waals surface area contributed by atoms with Gasteiger partial charge in [-0.2, -0.15) is 0 Å². The molecule has 1 aromatic carbocycles. The molecule has 2 atom stereocenters. The minimum atomic E-state index is -0.651. The van der Waals surface area contributed by atoms with Crippen molar-refractivity contribution >= 4 is 11.7 Å². The van der Waals surface area contributed by atoms with Crippen LogP contribution < -0.4 is 0 Å². The molecule has 0 unspecified atom stereocenters. The van der Waals surface area contributed by atoms with Crippen molar-refractivity contribution in [3.8, 4) is 0 Å². The Labute approximate surface area is 107 Å². The molecule has 0 N–H and O–H groups in total. The van der Waals surface area contributed by atoms with Gasteiger partial charge in [-0.3, -0.25) is 0 Å². The van der Waals surface area contributed by atoms with Crippen molar-refractivity contribution in [3.63, 3.8) is 0 Å². The number of rotatable bonds is 4. The Hall–Kier alpha value is -1.84. The third kappa shape index (κ3) is 2.37. The molecule has 0 spiro atoms. The summed E-state index contributed by atoms with van der Waals surface area (Å²) in [5.74, 6) is -0.478. The molecule has 0 bridgehead atoms. The molecule has 0 fully saturated rings. The highest BCUT2D eigenvalue weighted by Crippen LogP contribution is 2.31. The first kappa shape index (κ1) is 12.6. The summed E-state index contributed by atoms with van der Waals surface area (Å²) in [5.41, 5.74) is 1.92. The zero-order valence-corrected chi connectivity index (χ0v) is 10.6. The van der Waals surface area contributed by atoms with Crippen LogP contribution in [0.4, 0.5) is 0 Å². The molecule has 1 aliphatic heterocycles. The Kier molecular flexibility index (Phi) is 3.97. The van der Waals surface area contributed by atoms with E-state index in [9.17, 15) is 4.79 Å². The molecule has 0 radical (unpaired) electrons. The summed E-state index contributed by atoms with van der Waals surface area (Å²) >= 11 is 0. The molecule has 96 valence electrons. The van der Waals surface area contributed by atoms with Gasteiger partial charge < -0.3 is 9.57 Å². The van der Waals surface area contributed by atoms with Crippen LogP contribution in [0.2, 0.25) is 0 Å². The summed E-state index contributed by atoms with van der Waals surface area (Å²) in [6.45, 7) is 4.14. The van der Waals surface area contributed by atoms with Crippen LogP contribution in [0.15, 0.2) is 35.5 Å². The van der Waals surface area contributed by atoms with E-state index in [0.717, 1.165) is 17.7 Å². The first-order chi connectivity index (χ1) is 8.77. The van der Waals surface area contributed by atoms with Crippen LogP contribution in [0.3, 0.4) is 0 Å². The van der Waals surface area contributed by atoms with Crippen LogP contribution in [0.25, 0.3) is 0 Å². The third-order valence-electron chi connectivity index (χ3n) is 2.99. The Balaban J connectivity index is 2.26. The zero-order chi connectivity index (χ0) is 13.0. The number of ether oxygens (including phenoxy) is 1. The summed E-state index contributed by atoms with van der Waals surface area (Å²) in [6.07, 6.45) is 0.109. The van der Waals surface area contributed by atoms with Gasteiger partial charge in [0, 0.05) is 0 Å². The first-order valence-electron chi connectivity index (χ1n) is 6.22.